The predicted octanol–water partition coefficient (Wildman–Crippen LogP) is 3.56. The van der Waals surface area contributed by atoms with E-state index in [2.05, 4.69) is 21.8 Å². The molecule has 2 heterocycles. The number of piperidine rings is 1. The summed E-state index contributed by atoms with van der Waals surface area (Å²) in [5.41, 5.74) is 1.17. The Bertz CT molecular complexity index is 750. The number of sulfonamides is 1. The third-order valence-corrected chi connectivity index (χ3v) is 7.38. The Balaban J connectivity index is 1.76. The fraction of sp³-hybridized carbons (Fsp3) is 0.444. The van der Waals surface area contributed by atoms with Gasteiger partial charge in [0.1, 0.15) is 4.21 Å². The normalized spacial score (nSPS) is 17.7. The van der Waals surface area contributed by atoms with Gasteiger partial charge in [0.15, 0.2) is 0 Å². The molecule has 1 saturated heterocycles. The van der Waals surface area contributed by atoms with Crippen molar-refractivity contribution in [2.24, 2.45) is 0 Å². The third-order valence-electron chi connectivity index (χ3n) is 4.46. The first kappa shape index (κ1) is 17.6. The molecule has 0 bridgehead atoms. The number of likely N-dealkylation sites (tertiary alicyclic amines) is 1. The quantitative estimate of drug-likeness (QED) is 0.853. The monoisotopic (exact) mass is 364 g/mol. The summed E-state index contributed by atoms with van der Waals surface area (Å²) in [6.07, 6.45) is 3.62. The number of hydrogen-bond donors (Lipinski definition) is 1. The molecule has 0 spiro atoms. The highest BCUT2D eigenvalue weighted by atomic mass is 32.2. The molecule has 0 saturated carbocycles. The lowest BCUT2D eigenvalue weighted by molar-refractivity contribution is 0.165. The van der Waals surface area contributed by atoms with Crippen LogP contribution < -0.4 is 4.72 Å². The first-order valence-electron chi connectivity index (χ1n) is 8.41. The second-order valence-electron chi connectivity index (χ2n) is 6.24. The lowest BCUT2D eigenvalue weighted by Crippen LogP contribution is -2.40. The van der Waals surface area contributed by atoms with Gasteiger partial charge in [0, 0.05) is 17.5 Å². The van der Waals surface area contributed by atoms with Gasteiger partial charge in [-0.2, -0.15) is 0 Å². The lowest BCUT2D eigenvalue weighted by Gasteiger charge is -2.35. The van der Waals surface area contributed by atoms with Crippen molar-refractivity contribution >= 4 is 21.4 Å². The van der Waals surface area contributed by atoms with Crippen molar-refractivity contribution in [2.75, 3.05) is 19.6 Å². The molecule has 4 nitrogen and oxygen atoms in total. The van der Waals surface area contributed by atoms with E-state index in [-0.39, 0.29) is 6.04 Å². The smallest absolute Gasteiger partial charge is 0.250 e. The molecule has 1 aromatic heterocycles. The summed E-state index contributed by atoms with van der Waals surface area (Å²) in [7, 11) is -3.44. The molecule has 2 aromatic rings. The molecule has 1 aliphatic heterocycles. The molecule has 0 amide bonds. The van der Waals surface area contributed by atoms with E-state index in [9.17, 15) is 8.42 Å². The Hall–Kier alpha value is -1.21. The van der Waals surface area contributed by atoms with E-state index in [1.54, 1.807) is 6.07 Å². The summed E-state index contributed by atoms with van der Waals surface area (Å²) in [6.45, 7) is 4.38. The number of benzene rings is 1. The Morgan fingerprint density at radius 3 is 2.42 bits per heavy atom. The maximum Gasteiger partial charge on any atom is 0.250 e. The highest BCUT2D eigenvalue weighted by Crippen LogP contribution is 2.25. The molecule has 0 aliphatic carbocycles. The molecule has 24 heavy (non-hydrogen) atoms. The summed E-state index contributed by atoms with van der Waals surface area (Å²) < 4.78 is 28.3. The van der Waals surface area contributed by atoms with Crippen molar-refractivity contribution in [1.82, 2.24) is 9.62 Å². The van der Waals surface area contributed by atoms with Gasteiger partial charge in [-0.05, 0) is 50.6 Å². The van der Waals surface area contributed by atoms with Gasteiger partial charge >= 0.3 is 0 Å². The number of thiophene rings is 1. The summed E-state index contributed by atoms with van der Waals surface area (Å²) in [6, 6.07) is 13.8. The maximum absolute atomic E-state index is 12.5. The molecular weight excluding hydrogens is 340 g/mol. The van der Waals surface area contributed by atoms with Crippen LogP contribution in [0.1, 0.15) is 35.7 Å². The summed E-state index contributed by atoms with van der Waals surface area (Å²) in [5.74, 6) is 0. The van der Waals surface area contributed by atoms with Crippen molar-refractivity contribution in [2.45, 2.75) is 36.4 Å². The van der Waals surface area contributed by atoms with E-state index in [4.69, 9.17) is 0 Å². The van der Waals surface area contributed by atoms with Gasteiger partial charge in [0.2, 0.25) is 10.0 Å². The average Bonchev–Trinajstić information content (AvgIpc) is 3.04. The fourth-order valence-corrected chi connectivity index (χ4v) is 5.55. The van der Waals surface area contributed by atoms with Crippen LogP contribution in [-0.4, -0.2) is 33.0 Å². The minimum Gasteiger partial charge on any atom is -0.295 e. The molecule has 3 rings (SSSR count). The zero-order valence-electron chi connectivity index (χ0n) is 13.9. The first-order valence-corrected chi connectivity index (χ1v) is 10.7. The number of nitrogens with zero attached hydrogens (tertiary/aromatic N) is 1. The van der Waals surface area contributed by atoms with Crippen molar-refractivity contribution in [3.8, 4) is 0 Å². The second-order valence-corrected chi connectivity index (χ2v) is 9.52. The van der Waals surface area contributed by atoms with Crippen molar-refractivity contribution in [3.05, 3.63) is 52.9 Å². The van der Waals surface area contributed by atoms with Gasteiger partial charge in [-0.1, -0.05) is 36.8 Å². The highest BCUT2D eigenvalue weighted by Gasteiger charge is 2.25. The number of nitrogens with one attached hydrogen (secondary N) is 1. The largest absolute Gasteiger partial charge is 0.295 e. The van der Waals surface area contributed by atoms with Crippen LogP contribution in [0.4, 0.5) is 0 Å². The first-order chi connectivity index (χ1) is 11.6. The Morgan fingerprint density at radius 2 is 1.79 bits per heavy atom. The summed E-state index contributed by atoms with van der Waals surface area (Å²) in [5, 5.41) is 0. The second kappa shape index (κ2) is 7.78. The van der Waals surface area contributed by atoms with Gasteiger partial charge < -0.3 is 0 Å². The zero-order valence-corrected chi connectivity index (χ0v) is 15.6. The summed E-state index contributed by atoms with van der Waals surface area (Å²) in [4.78, 5) is 3.41. The van der Waals surface area contributed by atoms with Crippen LogP contribution in [0, 0.1) is 6.92 Å². The minimum atomic E-state index is -3.44. The highest BCUT2D eigenvalue weighted by molar-refractivity contribution is 7.91. The standard InChI is InChI=1S/C18H24N2O2S2/c1-15-10-11-18(23-15)24(21,22)19-14-17(16-8-4-2-5-9-16)20-12-6-3-7-13-20/h2,4-5,8-11,17,19H,3,6-7,12-14H2,1H3. The molecule has 1 atom stereocenters. The Kier molecular flexibility index (Phi) is 5.71. The van der Waals surface area contributed by atoms with E-state index in [1.807, 2.05) is 31.2 Å². The van der Waals surface area contributed by atoms with Crippen molar-refractivity contribution in [1.29, 1.82) is 0 Å². The van der Waals surface area contributed by atoms with Crippen LogP contribution in [0.25, 0.3) is 0 Å². The molecule has 130 valence electrons. The van der Waals surface area contributed by atoms with Gasteiger partial charge in [-0.15, -0.1) is 11.3 Å². The Labute approximate surface area is 148 Å². The zero-order chi connectivity index (χ0) is 17.0. The minimum absolute atomic E-state index is 0.0855. The Morgan fingerprint density at radius 1 is 1.08 bits per heavy atom. The van der Waals surface area contributed by atoms with E-state index in [1.165, 1.54) is 36.2 Å². The van der Waals surface area contributed by atoms with Gasteiger partial charge in [0.25, 0.3) is 0 Å². The van der Waals surface area contributed by atoms with E-state index < -0.39 is 10.0 Å². The molecule has 1 N–H and O–H groups in total. The van der Waals surface area contributed by atoms with Gasteiger partial charge in [0.05, 0.1) is 0 Å². The number of rotatable bonds is 6. The van der Waals surface area contributed by atoms with Crippen molar-refractivity contribution in [3.63, 3.8) is 0 Å². The predicted molar refractivity (Wildman–Crippen MR) is 98.9 cm³/mol. The fourth-order valence-electron chi connectivity index (χ4n) is 3.18. The summed E-state index contributed by atoms with van der Waals surface area (Å²) >= 11 is 1.31. The molecule has 1 aromatic carbocycles. The van der Waals surface area contributed by atoms with Gasteiger partial charge in [-0.25, -0.2) is 13.1 Å². The van der Waals surface area contributed by atoms with E-state index in [0.717, 1.165) is 18.0 Å². The van der Waals surface area contributed by atoms with E-state index in [0.29, 0.717) is 10.8 Å². The van der Waals surface area contributed by atoms with Crippen LogP contribution in [0.5, 0.6) is 0 Å². The van der Waals surface area contributed by atoms with Gasteiger partial charge in [-0.3, -0.25) is 4.90 Å². The molecule has 1 fully saturated rings. The van der Waals surface area contributed by atoms with Crippen molar-refractivity contribution < 1.29 is 8.42 Å². The molecule has 6 heteroatoms. The molecule has 0 radical (unpaired) electrons. The van der Waals surface area contributed by atoms with Crippen LogP contribution in [0.2, 0.25) is 0 Å². The van der Waals surface area contributed by atoms with Crippen LogP contribution in [0.3, 0.4) is 0 Å². The third kappa shape index (κ3) is 4.25. The lowest BCUT2D eigenvalue weighted by atomic mass is 10.0. The topological polar surface area (TPSA) is 49.4 Å². The van der Waals surface area contributed by atoms with Crippen LogP contribution in [-0.2, 0) is 10.0 Å². The SMILES string of the molecule is Cc1ccc(S(=O)(=O)NCC(c2ccccc2)N2CCCCC2)s1. The van der Waals surface area contributed by atoms with E-state index >= 15 is 0 Å². The number of aryl methyl sites for hydroxylation is 1. The molecule has 1 aliphatic rings. The maximum atomic E-state index is 12.5. The molecular formula is C18H24N2O2S2. The van der Waals surface area contributed by atoms with Crippen LogP contribution in [0.15, 0.2) is 46.7 Å². The molecule has 1 unspecified atom stereocenters. The average molecular weight is 365 g/mol. The number of hydrogen-bond acceptors (Lipinski definition) is 4. The van der Waals surface area contributed by atoms with Crippen LogP contribution >= 0.6 is 11.3 Å².